The molecule has 178 valence electrons. The predicted octanol–water partition coefficient (Wildman–Crippen LogP) is 4.18. The van der Waals surface area contributed by atoms with Crippen LogP contribution in [0.5, 0.6) is 5.88 Å². The first-order valence-electron chi connectivity index (χ1n) is 10.7. The third-order valence-electron chi connectivity index (χ3n) is 5.99. The summed E-state index contributed by atoms with van der Waals surface area (Å²) in [5, 5.41) is 0. The van der Waals surface area contributed by atoms with Crippen molar-refractivity contribution in [2.45, 2.75) is 44.4 Å². The number of rotatable bonds is 4. The molecule has 2 unspecified atom stereocenters. The van der Waals surface area contributed by atoms with Crippen LogP contribution in [0.15, 0.2) is 34.4 Å². The first-order chi connectivity index (χ1) is 16.2. The predicted molar refractivity (Wildman–Crippen MR) is 117 cm³/mol. The van der Waals surface area contributed by atoms with Gasteiger partial charge >= 0.3 is 6.18 Å². The number of aromatic nitrogens is 5. The van der Waals surface area contributed by atoms with E-state index in [0.717, 1.165) is 5.56 Å². The summed E-state index contributed by atoms with van der Waals surface area (Å²) >= 11 is 0. The normalized spacial score (nSPS) is 20.5. The molecule has 4 heterocycles. The van der Waals surface area contributed by atoms with Gasteiger partial charge in [-0.05, 0) is 31.4 Å². The number of hydrogen-bond acceptors (Lipinski definition) is 7. The summed E-state index contributed by atoms with van der Waals surface area (Å²) in [6.45, 7) is 2.16. The minimum atomic E-state index is -4.43. The van der Waals surface area contributed by atoms with Gasteiger partial charge in [0.1, 0.15) is 22.7 Å². The number of fused-ring (bicyclic) bond motifs is 1. The van der Waals surface area contributed by atoms with Gasteiger partial charge in [0.05, 0.1) is 18.8 Å². The summed E-state index contributed by atoms with van der Waals surface area (Å²) in [4.78, 5) is 32.2. The Balaban J connectivity index is 0.00000289. The lowest BCUT2D eigenvalue weighted by atomic mass is 9.90. The van der Waals surface area contributed by atoms with Crippen molar-refractivity contribution >= 4 is 16.7 Å². The second-order valence-corrected chi connectivity index (χ2v) is 8.24. The van der Waals surface area contributed by atoms with Crippen LogP contribution >= 0.6 is 0 Å². The van der Waals surface area contributed by atoms with Crippen LogP contribution in [0.3, 0.4) is 0 Å². The van der Waals surface area contributed by atoms with Gasteiger partial charge < -0.3 is 14.5 Å². The molecule has 1 aliphatic heterocycles. The fourth-order valence-electron chi connectivity index (χ4n) is 4.16. The molecule has 0 bridgehead atoms. The van der Waals surface area contributed by atoms with E-state index in [-0.39, 0.29) is 42.5 Å². The summed E-state index contributed by atoms with van der Waals surface area (Å²) < 4.78 is 50.3. The molecule has 11 heteroatoms. The Bertz CT molecular complexity index is 1400. The number of nitrogens with zero attached hydrogens (tertiary/aromatic N) is 4. The fraction of sp³-hybridized carbons (Fsp3) is 0.391. The summed E-state index contributed by atoms with van der Waals surface area (Å²) in [7, 11) is 1.45. The molecule has 0 saturated carbocycles. The summed E-state index contributed by atoms with van der Waals surface area (Å²) in [6, 6.07) is 3.15. The molecule has 3 aromatic heterocycles. The van der Waals surface area contributed by atoms with Crippen molar-refractivity contribution < 1.29 is 24.1 Å². The number of hydrogen-bond donors (Lipinski definition) is 1. The standard InChI is InChI=1S/C23H20F3N5O3.H2/c1-11-22(33-2)30-19-18(14-7-15(8-14)23(24,25)26)29-20(31-21(19)28-11)12-5-6-34-16(9-12)13-3-4-17(32)27-10-13;/h3-4,10,12,16H,5-7,9H2,1-2H3,(H,27,32);1H. The van der Waals surface area contributed by atoms with Gasteiger partial charge in [-0.2, -0.15) is 13.2 Å². The second kappa shape index (κ2) is 8.34. The van der Waals surface area contributed by atoms with Crippen molar-refractivity contribution in [2.75, 3.05) is 13.7 Å². The maximum atomic E-state index is 13.0. The van der Waals surface area contributed by atoms with E-state index >= 15 is 0 Å². The third kappa shape index (κ3) is 4.08. The molecule has 5 rings (SSSR count). The lowest BCUT2D eigenvalue weighted by Crippen LogP contribution is -2.22. The number of pyridine rings is 1. The lowest BCUT2D eigenvalue weighted by Gasteiger charge is -2.29. The van der Waals surface area contributed by atoms with Crippen LogP contribution < -0.4 is 10.3 Å². The first-order valence-corrected chi connectivity index (χ1v) is 10.7. The number of ether oxygens (including phenoxy) is 2. The smallest absolute Gasteiger partial charge is 0.420 e. The molecule has 0 aromatic carbocycles. The zero-order valence-corrected chi connectivity index (χ0v) is 18.4. The highest BCUT2D eigenvalue weighted by Crippen LogP contribution is 2.41. The zero-order chi connectivity index (χ0) is 24.0. The topological polar surface area (TPSA) is 103 Å². The van der Waals surface area contributed by atoms with E-state index in [4.69, 9.17) is 9.47 Å². The maximum Gasteiger partial charge on any atom is 0.420 e. The molecule has 1 N–H and O–H groups in total. The number of methoxy groups -OCH3 is 1. The number of allylic oxidation sites excluding steroid dienone is 1. The molecule has 0 spiro atoms. The van der Waals surface area contributed by atoms with Crippen molar-refractivity contribution in [1.29, 1.82) is 0 Å². The molecule has 8 nitrogen and oxygen atoms in total. The van der Waals surface area contributed by atoms with Crippen LogP contribution in [0.4, 0.5) is 13.2 Å². The Labute approximate surface area is 193 Å². The van der Waals surface area contributed by atoms with Gasteiger partial charge in [-0.15, -0.1) is 5.73 Å². The molecule has 2 atom stereocenters. The molecule has 0 radical (unpaired) electrons. The molecule has 1 fully saturated rings. The van der Waals surface area contributed by atoms with Gasteiger partial charge in [-0.25, -0.2) is 19.9 Å². The average molecular weight is 473 g/mol. The Morgan fingerprint density at radius 1 is 1.24 bits per heavy atom. The Morgan fingerprint density at radius 2 is 2.03 bits per heavy atom. The van der Waals surface area contributed by atoms with Gasteiger partial charge in [0.25, 0.3) is 0 Å². The van der Waals surface area contributed by atoms with E-state index in [1.807, 2.05) is 0 Å². The minimum absolute atomic E-state index is 0. The zero-order valence-electron chi connectivity index (χ0n) is 18.4. The van der Waals surface area contributed by atoms with Crippen molar-refractivity contribution in [1.82, 2.24) is 24.9 Å². The van der Waals surface area contributed by atoms with E-state index in [1.165, 1.54) is 13.2 Å². The van der Waals surface area contributed by atoms with Crippen molar-refractivity contribution in [3.63, 3.8) is 0 Å². The highest BCUT2D eigenvalue weighted by Gasteiger charge is 2.39. The Hall–Kier alpha value is -3.56. The number of aromatic amines is 1. The van der Waals surface area contributed by atoms with E-state index < -0.39 is 11.7 Å². The van der Waals surface area contributed by atoms with Gasteiger partial charge in [0.15, 0.2) is 5.65 Å². The number of aryl methyl sites for hydroxylation is 1. The van der Waals surface area contributed by atoms with Crippen LogP contribution in [0.1, 0.15) is 55.5 Å². The second-order valence-electron chi connectivity index (χ2n) is 8.24. The third-order valence-corrected chi connectivity index (χ3v) is 5.99. The van der Waals surface area contributed by atoms with Crippen LogP contribution in [0, 0.1) is 6.92 Å². The van der Waals surface area contributed by atoms with Crippen LogP contribution in [0.2, 0.25) is 0 Å². The summed E-state index contributed by atoms with van der Waals surface area (Å²) in [6.07, 6.45) is -2.22. The monoisotopic (exact) mass is 473 g/mol. The largest absolute Gasteiger partial charge is 0.480 e. The Kier molecular flexibility index (Phi) is 5.45. The average Bonchev–Trinajstić information content (AvgIpc) is 2.77. The van der Waals surface area contributed by atoms with E-state index in [0.29, 0.717) is 42.2 Å². The van der Waals surface area contributed by atoms with Gasteiger partial charge in [0.2, 0.25) is 11.4 Å². The number of nitrogens with one attached hydrogen (secondary N) is 1. The highest BCUT2D eigenvalue weighted by molar-refractivity contribution is 5.87. The summed E-state index contributed by atoms with van der Waals surface area (Å²) in [5.41, 5.74) is 3.96. The van der Waals surface area contributed by atoms with E-state index in [1.54, 1.807) is 19.2 Å². The number of H-pyrrole nitrogens is 1. The van der Waals surface area contributed by atoms with Gasteiger partial charge in [0, 0.05) is 38.2 Å². The van der Waals surface area contributed by atoms with Crippen LogP contribution in [0.25, 0.3) is 16.7 Å². The quantitative estimate of drug-likeness (QED) is 0.567. The summed E-state index contributed by atoms with van der Waals surface area (Å²) in [5.74, 6) is 0.605. The SMILES string of the molecule is COc1nc2c(C3=C=C(C(F)(F)F)C3)nc(C3CCOC(c4ccc(=O)[nH]c4)C3)nc2nc1C.[HH]. The van der Waals surface area contributed by atoms with E-state index in [2.05, 4.69) is 30.7 Å². The van der Waals surface area contributed by atoms with Crippen LogP contribution in [-0.4, -0.2) is 44.8 Å². The Morgan fingerprint density at radius 3 is 2.71 bits per heavy atom. The van der Waals surface area contributed by atoms with Crippen molar-refractivity contribution in [3.8, 4) is 5.88 Å². The molecule has 2 aliphatic rings. The van der Waals surface area contributed by atoms with Crippen LogP contribution in [-0.2, 0) is 4.74 Å². The molecular weight excluding hydrogens is 451 g/mol. The molecule has 1 saturated heterocycles. The number of alkyl halides is 3. The number of halogens is 3. The molecular formula is C23H22F3N5O3. The minimum Gasteiger partial charge on any atom is -0.480 e. The lowest BCUT2D eigenvalue weighted by molar-refractivity contribution is -0.0934. The van der Waals surface area contributed by atoms with Gasteiger partial charge in [-0.1, -0.05) is 0 Å². The molecule has 0 amide bonds. The van der Waals surface area contributed by atoms with E-state index in [9.17, 15) is 18.0 Å². The van der Waals surface area contributed by atoms with Crippen molar-refractivity contribution in [3.05, 3.63) is 62.8 Å². The molecule has 34 heavy (non-hydrogen) atoms. The molecule has 3 aromatic rings. The fourth-order valence-corrected chi connectivity index (χ4v) is 4.16. The van der Waals surface area contributed by atoms with Gasteiger partial charge in [-0.3, -0.25) is 4.79 Å². The maximum absolute atomic E-state index is 13.0. The first kappa shape index (κ1) is 22.2. The van der Waals surface area contributed by atoms with Crippen molar-refractivity contribution in [2.24, 2.45) is 0 Å². The highest BCUT2D eigenvalue weighted by atomic mass is 19.4. The molecule has 1 aliphatic carbocycles.